The number of alkyl carbamates (subject to hydrolysis) is 1. The number of rotatable bonds is 9. The van der Waals surface area contributed by atoms with Crippen molar-refractivity contribution in [3.8, 4) is 11.1 Å². The lowest BCUT2D eigenvalue weighted by Gasteiger charge is -2.31. The monoisotopic (exact) mass is 480 g/mol. The molecule has 7 nitrogen and oxygen atoms in total. The summed E-state index contributed by atoms with van der Waals surface area (Å²) in [6, 6.07) is 14.9. The van der Waals surface area contributed by atoms with Crippen LogP contribution in [0.5, 0.6) is 0 Å². The van der Waals surface area contributed by atoms with Crippen LogP contribution in [0.15, 0.2) is 48.5 Å². The summed E-state index contributed by atoms with van der Waals surface area (Å²) in [7, 11) is 1.51. The third kappa shape index (κ3) is 6.41. The maximum atomic E-state index is 12.8. The normalized spacial score (nSPS) is 14.4. The molecule has 35 heavy (non-hydrogen) atoms. The van der Waals surface area contributed by atoms with Gasteiger partial charge in [0.05, 0.1) is 0 Å². The first-order valence-electron chi connectivity index (χ1n) is 12.1. The molecule has 2 amide bonds. The minimum Gasteiger partial charge on any atom is -0.480 e. The van der Waals surface area contributed by atoms with Gasteiger partial charge in [0.2, 0.25) is 5.91 Å². The first-order chi connectivity index (χ1) is 16.5. The van der Waals surface area contributed by atoms with Crippen molar-refractivity contribution in [1.29, 1.82) is 0 Å². The lowest BCUT2D eigenvalue weighted by Crippen LogP contribution is -2.47. The van der Waals surface area contributed by atoms with Crippen molar-refractivity contribution in [2.24, 2.45) is 5.41 Å². The van der Waals surface area contributed by atoms with E-state index in [1.54, 1.807) is 0 Å². The van der Waals surface area contributed by atoms with E-state index < -0.39 is 24.1 Å². The van der Waals surface area contributed by atoms with Crippen LogP contribution in [-0.2, 0) is 14.3 Å². The summed E-state index contributed by atoms with van der Waals surface area (Å²) in [4.78, 5) is 38.5. The van der Waals surface area contributed by atoms with Crippen LogP contribution in [0.3, 0.4) is 0 Å². The first-order valence-corrected chi connectivity index (χ1v) is 12.1. The van der Waals surface area contributed by atoms with Gasteiger partial charge in [-0.2, -0.15) is 0 Å². The van der Waals surface area contributed by atoms with Gasteiger partial charge in [0.1, 0.15) is 12.6 Å². The number of carbonyl (C=O) groups excluding carboxylic acids is 2. The maximum Gasteiger partial charge on any atom is 0.407 e. The van der Waals surface area contributed by atoms with Crippen molar-refractivity contribution in [1.82, 2.24) is 10.2 Å². The average molecular weight is 481 g/mol. The predicted molar refractivity (Wildman–Crippen MR) is 135 cm³/mol. The second-order valence-electron chi connectivity index (χ2n) is 10.4. The number of carbonyl (C=O) groups is 3. The topological polar surface area (TPSA) is 95.9 Å². The predicted octanol–water partition coefficient (Wildman–Crippen LogP) is 5.04. The Labute approximate surface area is 207 Å². The number of ether oxygens (including phenoxy) is 1. The second-order valence-corrected chi connectivity index (χ2v) is 10.4. The minimum absolute atomic E-state index is 0.00508. The van der Waals surface area contributed by atoms with Gasteiger partial charge in [-0.05, 0) is 40.5 Å². The highest BCUT2D eigenvalue weighted by atomic mass is 16.5. The molecule has 0 aromatic heterocycles. The van der Waals surface area contributed by atoms with Gasteiger partial charge in [0, 0.05) is 25.4 Å². The number of hydrogen-bond acceptors (Lipinski definition) is 4. The molecule has 0 bridgehead atoms. The zero-order chi connectivity index (χ0) is 25.8. The molecule has 1 unspecified atom stereocenters. The molecule has 1 aliphatic carbocycles. The number of nitrogens with one attached hydrogen (secondary N) is 1. The van der Waals surface area contributed by atoms with Crippen LogP contribution in [0.2, 0.25) is 0 Å². The molecule has 188 valence electrons. The molecule has 2 aromatic rings. The Morgan fingerprint density at radius 3 is 2.06 bits per heavy atom. The first kappa shape index (κ1) is 26.3. The smallest absolute Gasteiger partial charge is 0.407 e. The summed E-state index contributed by atoms with van der Waals surface area (Å²) in [6.07, 6.45) is 0.270. The molecule has 0 aliphatic heterocycles. The van der Waals surface area contributed by atoms with Crippen molar-refractivity contribution in [3.05, 3.63) is 59.7 Å². The van der Waals surface area contributed by atoms with E-state index in [1.807, 2.05) is 52.0 Å². The molecule has 7 heteroatoms. The summed E-state index contributed by atoms with van der Waals surface area (Å²) in [5, 5.41) is 12.4. The van der Waals surface area contributed by atoms with Gasteiger partial charge in [0.15, 0.2) is 0 Å². The Hall–Kier alpha value is -3.35. The molecule has 1 aliphatic rings. The fourth-order valence-electron chi connectivity index (χ4n) is 4.60. The number of nitrogens with zero attached hydrogens (tertiary/aromatic N) is 1. The molecule has 2 N–H and O–H groups in total. The lowest BCUT2D eigenvalue weighted by molar-refractivity contribution is -0.150. The quantitative estimate of drug-likeness (QED) is 0.524. The molecule has 0 spiro atoms. The van der Waals surface area contributed by atoms with Gasteiger partial charge in [-0.3, -0.25) is 4.79 Å². The third-order valence-corrected chi connectivity index (χ3v) is 6.53. The fraction of sp³-hybridized carbons (Fsp3) is 0.464. The van der Waals surface area contributed by atoms with Gasteiger partial charge < -0.3 is 20.1 Å². The van der Waals surface area contributed by atoms with Crippen LogP contribution in [-0.4, -0.2) is 53.7 Å². The molecule has 2 aromatic carbocycles. The van der Waals surface area contributed by atoms with Crippen LogP contribution in [0.25, 0.3) is 11.1 Å². The molecule has 3 rings (SSSR count). The standard InChI is InChI=1S/C28H36N2O5/c1-6-18(15-25(31)30(5)24(26(32)33)16-28(2,3)4)29-27(34)35-17-23-21-13-9-7-11-19(21)20-12-8-10-14-22(20)23/h7-14,18,23-24H,6,15-17H2,1-5H3,(H,29,34)(H,32,33)/t18-,24?/m0/s1. The van der Waals surface area contributed by atoms with E-state index in [2.05, 4.69) is 29.6 Å². The van der Waals surface area contributed by atoms with Crippen molar-refractivity contribution < 1.29 is 24.2 Å². The Bertz CT molecular complexity index is 1030. The van der Waals surface area contributed by atoms with Gasteiger partial charge >= 0.3 is 12.1 Å². The van der Waals surface area contributed by atoms with E-state index in [9.17, 15) is 19.5 Å². The summed E-state index contributed by atoms with van der Waals surface area (Å²) < 4.78 is 5.60. The molecular weight excluding hydrogens is 444 g/mol. The summed E-state index contributed by atoms with van der Waals surface area (Å²) in [5.74, 6) is -1.41. The lowest BCUT2D eigenvalue weighted by atomic mass is 9.87. The number of aliphatic carboxylic acids is 1. The van der Waals surface area contributed by atoms with Gasteiger partial charge in [-0.15, -0.1) is 0 Å². The van der Waals surface area contributed by atoms with E-state index in [1.165, 1.54) is 11.9 Å². The SMILES string of the molecule is CC[C@@H](CC(=O)N(C)C(CC(C)(C)C)C(=O)O)NC(=O)OCC1c2ccccc2-c2ccccc21. The Balaban J connectivity index is 1.59. The maximum absolute atomic E-state index is 12.8. The van der Waals surface area contributed by atoms with Gasteiger partial charge in [-0.1, -0.05) is 76.2 Å². The fourth-order valence-corrected chi connectivity index (χ4v) is 4.60. The van der Waals surface area contributed by atoms with Crippen molar-refractivity contribution in [2.45, 2.75) is 65.0 Å². The van der Waals surface area contributed by atoms with Gasteiger partial charge in [-0.25, -0.2) is 9.59 Å². The Kier molecular flexibility index (Phi) is 8.20. The zero-order valence-electron chi connectivity index (χ0n) is 21.2. The average Bonchev–Trinajstić information content (AvgIpc) is 3.13. The summed E-state index contributed by atoms with van der Waals surface area (Å²) in [6.45, 7) is 7.88. The summed E-state index contributed by atoms with van der Waals surface area (Å²) >= 11 is 0. The molecule has 0 saturated carbocycles. The van der Waals surface area contributed by atoms with Crippen LogP contribution in [0.4, 0.5) is 4.79 Å². The van der Waals surface area contributed by atoms with Crippen LogP contribution in [0, 0.1) is 5.41 Å². The largest absolute Gasteiger partial charge is 0.480 e. The number of carboxylic acid groups (broad SMARTS) is 1. The van der Waals surface area contributed by atoms with Crippen LogP contribution in [0.1, 0.15) is 64.0 Å². The van der Waals surface area contributed by atoms with E-state index >= 15 is 0 Å². The summed E-state index contributed by atoms with van der Waals surface area (Å²) in [5.41, 5.74) is 4.31. The molecule has 2 atom stereocenters. The number of likely N-dealkylation sites (N-methyl/N-ethyl adjacent to an activating group) is 1. The number of fused-ring (bicyclic) bond motifs is 3. The number of hydrogen-bond donors (Lipinski definition) is 2. The number of carboxylic acids is 1. The van der Waals surface area contributed by atoms with E-state index in [-0.39, 0.29) is 30.3 Å². The molecule has 0 heterocycles. The van der Waals surface area contributed by atoms with E-state index in [0.29, 0.717) is 12.8 Å². The van der Waals surface area contributed by atoms with Crippen molar-refractivity contribution in [3.63, 3.8) is 0 Å². The molecular formula is C28H36N2O5. The van der Waals surface area contributed by atoms with Crippen molar-refractivity contribution >= 4 is 18.0 Å². The molecule has 0 fully saturated rings. The number of benzene rings is 2. The van der Waals surface area contributed by atoms with Crippen molar-refractivity contribution in [2.75, 3.05) is 13.7 Å². The Morgan fingerprint density at radius 1 is 1.03 bits per heavy atom. The van der Waals surface area contributed by atoms with E-state index in [0.717, 1.165) is 22.3 Å². The Morgan fingerprint density at radius 2 is 1.57 bits per heavy atom. The van der Waals surface area contributed by atoms with E-state index in [4.69, 9.17) is 4.74 Å². The highest BCUT2D eigenvalue weighted by molar-refractivity contribution is 5.84. The highest BCUT2D eigenvalue weighted by Gasteiger charge is 2.32. The number of amides is 2. The van der Waals surface area contributed by atoms with Crippen LogP contribution < -0.4 is 5.32 Å². The van der Waals surface area contributed by atoms with Crippen LogP contribution >= 0.6 is 0 Å². The second kappa shape index (κ2) is 10.9. The minimum atomic E-state index is -1.03. The molecule has 0 radical (unpaired) electrons. The third-order valence-electron chi connectivity index (χ3n) is 6.53. The van der Waals surface area contributed by atoms with Gasteiger partial charge in [0.25, 0.3) is 0 Å². The zero-order valence-corrected chi connectivity index (χ0v) is 21.2. The highest BCUT2D eigenvalue weighted by Crippen LogP contribution is 2.44. The molecule has 0 saturated heterocycles.